The number of fused-ring (bicyclic) bond motifs is 1. The Bertz CT molecular complexity index is 975. The molecule has 0 aliphatic carbocycles. The summed E-state index contributed by atoms with van der Waals surface area (Å²) in [5, 5.41) is 7.12. The molecule has 26 heavy (non-hydrogen) atoms. The Labute approximate surface area is 152 Å². The van der Waals surface area contributed by atoms with E-state index in [2.05, 4.69) is 10.1 Å². The summed E-state index contributed by atoms with van der Waals surface area (Å²) in [6.45, 7) is 2.46. The highest BCUT2D eigenvalue weighted by atomic mass is 16.5. The lowest BCUT2D eigenvalue weighted by Gasteiger charge is -2.28. The van der Waals surface area contributed by atoms with Crippen molar-refractivity contribution < 1.29 is 9.53 Å². The van der Waals surface area contributed by atoms with Gasteiger partial charge in [-0.05, 0) is 36.2 Å². The second-order valence-electron chi connectivity index (χ2n) is 6.63. The number of amides is 1. The van der Waals surface area contributed by atoms with E-state index in [1.807, 2.05) is 61.7 Å². The number of carbonyl (C=O) groups is 1. The number of methoxy groups -OCH3 is 1. The molecule has 1 unspecified atom stereocenters. The molecule has 1 aliphatic rings. The van der Waals surface area contributed by atoms with Crippen LogP contribution in [0.15, 0.2) is 59.8 Å². The first-order chi connectivity index (χ1) is 12.7. The van der Waals surface area contributed by atoms with Crippen LogP contribution in [0.4, 0.5) is 0 Å². The van der Waals surface area contributed by atoms with Gasteiger partial charge in [0.25, 0.3) is 5.91 Å². The molecule has 0 spiro atoms. The number of nitrogens with one attached hydrogen (secondary N) is 1. The highest BCUT2D eigenvalue weighted by Gasteiger charge is 2.32. The van der Waals surface area contributed by atoms with Crippen LogP contribution >= 0.6 is 0 Å². The van der Waals surface area contributed by atoms with Gasteiger partial charge >= 0.3 is 0 Å². The molecule has 1 aromatic heterocycles. The molecule has 1 N–H and O–H groups in total. The van der Waals surface area contributed by atoms with Gasteiger partial charge in [0.1, 0.15) is 5.75 Å². The van der Waals surface area contributed by atoms with Gasteiger partial charge in [0.15, 0.2) is 0 Å². The molecule has 5 heteroatoms. The van der Waals surface area contributed by atoms with Crippen molar-refractivity contribution in [3.05, 3.63) is 65.9 Å². The second-order valence-corrected chi connectivity index (χ2v) is 6.63. The Morgan fingerprint density at radius 2 is 2.04 bits per heavy atom. The van der Waals surface area contributed by atoms with Crippen molar-refractivity contribution in [2.75, 3.05) is 7.11 Å². The molecule has 5 nitrogen and oxygen atoms in total. The van der Waals surface area contributed by atoms with Crippen LogP contribution in [0.1, 0.15) is 30.4 Å². The van der Waals surface area contributed by atoms with Gasteiger partial charge in [-0.1, -0.05) is 30.3 Å². The molecule has 2 aromatic carbocycles. The summed E-state index contributed by atoms with van der Waals surface area (Å²) in [6, 6.07) is 15.8. The number of rotatable bonds is 4. The average molecular weight is 347 g/mol. The van der Waals surface area contributed by atoms with Crippen LogP contribution in [-0.2, 0) is 11.3 Å². The maximum atomic E-state index is 13.1. The average Bonchev–Trinajstić information content (AvgIpc) is 3.08. The van der Waals surface area contributed by atoms with Crippen LogP contribution in [0.5, 0.6) is 5.75 Å². The van der Waals surface area contributed by atoms with Crippen LogP contribution in [0.2, 0.25) is 0 Å². The van der Waals surface area contributed by atoms with E-state index in [1.165, 1.54) is 0 Å². The third kappa shape index (κ3) is 2.96. The minimum absolute atomic E-state index is 0.0307. The Balaban J connectivity index is 1.69. The van der Waals surface area contributed by atoms with Gasteiger partial charge in [-0.15, -0.1) is 0 Å². The standard InChI is InChI=1S/C21H21N3O2/c1-14-10-18(19-12-22-20-9-8-16(26-2)11-17(19)20)21(25)24(23-14)13-15-6-4-3-5-7-15/h3-9,11-12,18,22H,10,13H2,1-2H3. The number of benzene rings is 2. The van der Waals surface area contributed by atoms with Gasteiger partial charge in [0, 0.05) is 29.2 Å². The van der Waals surface area contributed by atoms with E-state index in [-0.39, 0.29) is 11.8 Å². The lowest BCUT2D eigenvalue weighted by atomic mass is 9.91. The number of carbonyl (C=O) groups excluding carboxylic acids is 1. The fourth-order valence-corrected chi connectivity index (χ4v) is 3.51. The fourth-order valence-electron chi connectivity index (χ4n) is 3.51. The zero-order chi connectivity index (χ0) is 18.1. The number of nitrogens with zero attached hydrogens (tertiary/aromatic N) is 2. The molecule has 0 fully saturated rings. The van der Waals surface area contributed by atoms with Crippen LogP contribution in [0.25, 0.3) is 10.9 Å². The fraction of sp³-hybridized carbons (Fsp3) is 0.238. The lowest BCUT2D eigenvalue weighted by Crippen LogP contribution is -2.36. The SMILES string of the molecule is COc1ccc2[nH]cc(C3CC(C)=NN(Cc4ccccc4)C3=O)c2c1. The summed E-state index contributed by atoms with van der Waals surface area (Å²) in [5.74, 6) is 0.577. The molecule has 1 aliphatic heterocycles. The molecule has 1 amide bonds. The van der Waals surface area contributed by atoms with Crippen molar-refractivity contribution in [1.29, 1.82) is 0 Å². The molecule has 4 rings (SSSR count). The number of aromatic nitrogens is 1. The zero-order valence-electron chi connectivity index (χ0n) is 14.9. The summed E-state index contributed by atoms with van der Waals surface area (Å²) in [4.78, 5) is 16.4. The molecule has 0 saturated heterocycles. The summed E-state index contributed by atoms with van der Waals surface area (Å²) < 4.78 is 5.35. The summed E-state index contributed by atoms with van der Waals surface area (Å²) in [7, 11) is 1.65. The van der Waals surface area contributed by atoms with E-state index in [0.29, 0.717) is 13.0 Å². The predicted molar refractivity (Wildman–Crippen MR) is 102 cm³/mol. The quantitative estimate of drug-likeness (QED) is 0.773. The van der Waals surface area contributed by atoms with E-state index < -0.39 is 0 Å². The predicted octanol–water partition coefficient (Wildman–Crippen LogP) is 4.07. The number of hydrogen-bond donors (Lipinski definition) is 1. The first-order valence-corrected chi connectivity index (χ1v) is 8.70. The molecule has 132 valence electrons. The molecular formula is C21H21N3O2. The van der Waals surface area contributed by atoms with Gasteiger partial charge in [-0.2, -0.15) is 5.10 Å². The highest BCUT2D eigenvalue weighted by molar-refractivity contribution is 5.99. The van der Waals surface area contributed by atoms with Crippen molar-refractivity contribution in [1.82, 2.24) is 9.99 Å². The van der Waals surface area contributed by atoms with Crippen molar-refractivity contribution in [3.8, 4) is 5.75 Å². The van der Waals surface area contributed by atoms with Gasteiger partial charge < -0.3 is 9.72 Å². The summed E-state index contributed by atoms with van der Waals surface area (Å²) >= 11 is 0. The number of H-pyrrole nitrogens is 1. The topological polar surface area (TPSA) is 57.7 Å². The first kappa shape index (κ1) is 16.4. The van der Waals surface area contributed by atoms with E-state index in [0.717, 1.165) is 33.5 Å². The summed E-state index contributed by atoms with van der Waals surface area (Å²) in [5.41, 5.74) is 4.03. The van der Waals surface area contributed by atoms with Crippen LogP contribution < -0.4 is 4.74 Å². The maximum absolute atomic E-state index is 13.1. The largest absolute Gasteiger partial charge is 0.497 e. The molecule has 0 radical (unpaired) electrons. The van der Waals surface area contributed by atoms with Gasteiger partial charge in [-0.25, -0.2) is 5.01 Å². The Hall–Kier alpha value is -3.08. The number of hydrazone groups is 1. The molecule has 3 aromatic rings. The van der Waals surface area contributed by atoms with E-state index in [9.17, 15) is 4.79 Å². The number of hydrogen-bond acceptors (Lipinski definition) is 3. The van der Waals surface area contributed by atoms with E-state index in [1.54, 1.807) is 12.1 Å². The van der Waals surface area contributed by atoms with Crippen molar-refractivity contribution in [2.45, 2.75) is 25.8 Å². The zero-order valence-corrected chi connectivity index (χ0v) is 14.9. The van der Waals surface area contributed by atoms with Crippen LogP contribution in [0, 0.1) is 0 Å². The van der Waals surface area contributed by atoms with Gasteiger partial charge in [-0.3, -0.25) is 4.79 Å². The first-order valence-electron chi connectivity index (χ1n) is 8.70. The highest BCUT2D eigenvalue weighted by Crippen LogP contribution is 2.34. The van der Waals surface area contributed by atoms with Gasteiger partial charge in [0.05, 0.1) is 19.6 Å². The molecule has 0 bridgehead atoms. The minimum Gasteiger partial charge on any atom is -0.497 e. The Morgan fingerprint density at radius 1 is 1.23 bits per heavy atom. The third-order valence-corrected chi connectivity index (χ3v) is 4.81. The third-order valence-electron chi connectivity index (χ3n) is 4.81. The summed E-state index contributed by atoms with van der Waals surface area (Å²) in [6.07, 6.45) is 2.57. The van der Waals surface area contributed by atoms with Crippen molar-refractivity contribution in [3.63, 3.8) is 0 Å². The van der Waals surface area contributed by atoms with Gasteiger partial charge in [0.2, 0.25) is 0 Å². The Morgan fingerprint density at radius 3 is 2.81 bits per heavy atom. The van der Waals surface area contributed by atoms with Crippen LogP contribution in [-0.4, -0.2) is 28.7 Å². The monoisotopic (exact) mass is 347 g/mol. The lowest BCUT2D eigenvalue weighted by molar-refractivity contribution is -0.134. The maximum Gasteiger partial charge on any atom is 0.250 e. The van der Waals surface area contributed by atoms with E-state index in [4.69, 9.17) is 4.74 Å². The smallest absolute Gasteiger partial charge is 0.250 e. The second kappa shape index (κ2) is 6.67. The van der Waals surface area contributed by atoms with Crippen LogP contribution in [0.3, 0.4) is 0 Å². The molecule has 0 saturated carbocycles. The molecule has 1 atom stereocenters. The van der Waals surface area contributed by atoms with Crippen molar-refractivity contribution >= 4 is 22.5 Å². The number of ether oxygens (including phenoxy) is 1. The normalized spacial score (nSPS) is 17.5. The van der Waals surface area contributed by atoms with Crippen molar-refractivity contribution in [2.24, 2.45) is 5.10 Å². The molecular weight excluding hydrogens is 326 g/mol. The molecule has 2 heterocycles. The van der Waals surface area contributed by atoms with E-state index >= 15 is 0 Å². The number of aromatic amines is 1. The Kier molecular flexibility index (Phi) is 4.21. The minimum atomic E-state index is -0.239.